The summed E-state index contributed by atoms with van der Waals surface area (Å²) in [5, 5.41) is 0. The molecule has 20 heavy (non-hydrogen) atoms. The van der Waals surface area contributed by atoms with Crippen LogP contribution in [0.25, 0.3) is 0 Å². The summed E-state index contributed by atoms with van der Waals surface area (Å²) in [7, 11) is 0. The first-order valence-corrected chi connectivity index (χ1v) is 7.45. The molecular weight excluding hydrogens is 258 g/mol. The molecule has 0 aromatic heterocycles. The third-order valence-electron chi connectivity index (χ3n) is 4.52. The highest BCUT2D eigenvalue weighted by atomic mass is 16.6. The van der Waals surface area contributed by atoms with Crippen LogP contribution in [0, 0.1) is 11.8 Å². The minimum Gasteiger partial charge on any atom is -0.466 e. The smallest absolute Gasteiger partial charge is 0.312 e. The molecule has 3 aliphatic rings. The molecule has 2 fully saturated rings. The van der Waals surface area contributed by atoms with Crippen molar-refractivity contribution in [3.8, 4) is 0 Å². The molecule has 2 saturated heterocycles. The number of hydrogen-bond acceptors (Lipinski definition) is 4. The molecule has 0 aliphatic carbocycles. The van der Waals surface area contributed by atoms with Crippen LogP contribution in [0.2, 0.25) is 0 Å². The number of carbonyl (C=O) groups excluding carboxylic acids is 2. The van der Waals surface area contributed by atoms with E-state index in [4.69, 9.17) is 9.47 Å². The maximum absolute atomic E-state index is 12.6. The number of amides is 1. The maximum Gasteiger partial charge on any atom is 0.312 e. The van der Waals surface area contributed by atoms with Gasteiger partial charge in [0.05, 0.1) is 25.2 Å². The summed E-state index contributed by atoms with van der Waals surface area (Å²) >= 11 is 0. The Hall–Kier alpha value is -1.36. The second-order valence-corrected chi connectivity index (χ2v) is 5.77. The van der Waals surface area contributed by atoms with Crippen molar-refractivity contribution in [2.75, 3.05) is 19.7 Å². The number of esters is 1. The van der Waals surface area contributed by atoms with E-state index >= 15 is 0 Å². The maximum atomic E-state index is 12.6. The van der Waals surface area contributed by atoms with Crippen LogP contribution >= 0.6 is 0 Å². The Morgan fingerprint density at radius 2 is 2.35 bits per heavy atom. The summed E-state index contributed by atoms with van der Waals surface area (Å²) in [5.74, 6) is -1.13. The van der Waals surface area contributed by atoms with Crippen molar-refractivity contribution in [2.24, 2.45) is 11.8 Å². The summed E-state index contributed by atoms with van der Waals surface area (Å²) in [6.07, 6.45) is 5.61. The molecule has 0 N–H and O–H groups in total. The van der Waals surface area contributed by atoms with Crippen LogP contribution in [0.3, 0.4) is 0 Å². The van der Waals surface area contributed by atoms with Gasteiger partial charge in [0.2, 0.25) is 5.91 Å². The van der Waals surface area contributed by atoms with E-state index in [2.05, 4.69) is 6.92 Å². The third-order valence-corrected chi connectivity index (χ3v) is 4.52. The summed E-state index contributed by atoms with van der Waals surface area (Å²) in [6.45, 7) is 5.52. The highest BCUT2D eigenvalue weighted by Crippen LogP contribution is 2.52. The largest absolute Gasteiger partial charge is 0.466 e. The predicted octanol–water partition coefficient (Wildman–Crippen LogP) is 1.13. The Morgan fingerprint density at radius 1 is 1.55 bits per heavy atom. The molecule has 0 saturated carbocycles. The summed E-state index contributed by atoms with van der Waals surface area (Å²) in [6, 6.07) is 0. The normalized spacial score (nSPS) is 37.6. The molecule has 4 atom stereocenters. The fourth-order valence-electron chi connectivity index (χ4n) is 3.62. The second-order valence-electron chi connectivity index (χ2n) is 5.77. The third kappa shape index (κ3) is 1.79. The zero-order chi connectivity index (χ0) is 14.3. The van der Waals surface area contributed by atoms with Crippen molar-refractivity contribution in [1.82, 2.24) is 4.90 Å². The highest BCUT2D eigenvalue weighted by Gasteiger charge is 2.67. The van der Waals surface area contributed by atoms with E-state index in [1.54, 1.807) is 6.92 Å². The Balaban J connectivity index is 1.83. The van der Waals surface area contributed by atoms with E-state index in [1.807, 2.05) is 17.1 Å². The van der Waals surface area contributed by atoms with Gasteiger partial charge in [-0.05, 0) is 13.3 Å². The van der Waals surface area contributed by atoms with Crippen molar-refractivity contribution in [3.63, 3.8) is 0 Å². The number of unbranched alkanes of at least 4 members (excludes halogenated alkanes) is 1. The van der Waals surface area contributed by atoms with Gasteiger partial charge in [0.15, 0.2) is 0 Å². The lowest BCUT2D eigenvalue weighted by Crippen LogP contribution is -2.40. The van der Waals surface area contributed by atoms with Gasteiger partial charge >= 0.3 is 5.97 Å². The van der Waals surface area contributed by atoms with Gasteiger partial charge in [0.25, 0.3) is 0 Å². The minimum atomic E-state index is -0.590. The van der Waals surface area contributed by atoms with Gasteiger partial charge in [-0.1, -0.05) is 25.5 Å². The van der Waals surface area contributed by atoms with Gasteiger partial charge in [-0.2, -0.15) is 0 Å². The first-order chi connectivity index (χ1) is 9.63. The molecule has 1 spiro atoms. The van der Waals surface area contributed by atoms with Crippen molar-refractivity contribution in [1.29, 1.82) is 0 Å². The Kier molecular flexibility index (Phi) is 3.32. The summed E-state index contributed by atoms with van der Waals surface area (Å²) in [5.41, 5.74) is -0.590. The second kappa shape index (κ2) is 4.88. The standard InChI is InChI=1S/C15H21NO4/c1-3-5-8-16-9-15-7-6-10(20-15)11(12(15)13(16)17)14(18)19-4-2/h6-7,10-12H,3-5,8-9H2,1-2H3. The van der Waals surface area contributed by atoms with E-state index in [0.717, 1.165) is 19.4 Å². The van der Waals surface area contributed by atoms with E-state index in [1.165, 1.54) is 0 Å². The quantitative estimate of drug-likeness (QED) is 0.559. The molecule has 3 aliphatic heterocycles. The number of nitrogens with zero attached hydrogens (tertiary/aromatic N) is 1. The van der Waals surface area contributed by atoms with Crippen LogP contribution in [0.1, 0.15) is 26.7 Å². The Labute approximate surface area is 118 Å². The van der Waals surface area contributed by atoms with Crippen LogP contribution in [0.5, 0.6) is 0 Å². The Bertz CT molecular complexity index is 461. The molecule has 3 rings (SSSR count). The Morgan fingerprint density at radius 3 is 3.05 bits per heavy atom. The number of fused-ring (bicyclic) bond motifs is 1. The molecule has 0 radical (unpaired) electrons. The molecule has 4 unspecified atom stereocenters. The van der Waals surface area contributed by atoms with Crippen molar-refractivity contribution >= 4 is 11.9 Å². The average Bonchev–Trinajstić information content (AvgIpc) is 3.05. The molecule has 5 heteroatoms. The lowest BCUT2D eigenvalue weighted by atomic mass is 9.77. The zero-order valence-corrected chi connectivity index (χ0v) is 12.0. The van der Waals surface area contributed by atoms with Crippen LogP contribution in [-0.4, -0.2) is 48.2 Å². The van der Waals surface area contributed by atoms with Gasteiger partial charge in [0, 0.05) is 6.54 Å². The van der Waals surface area contributed by atoms with E-state index in [0.29, 0.717) is 13.2 Å². The molecule has 1 amide bonds. The summed E-state index contributed by atoms with van der Waals surface area (Å²) in [4.78, 5) is 26.6. The number of hydrogen-bond donors (Lipinski definition) is 0. The number of likely N-dealkylation sites (tertiary alicyclic amines) is 1. The first-order valence-electron chi connectivity index (χ1n) is 7.45. The first kappa shape index (κ1) is 13.6. The van der Waals surface area contributed by atoms with Gasteiger partial charge in [0.1, 0.15) is 11.5 Å². The van der Waals surface area contributed by atoms with Crippen molar-refractivity contribution in [3.05, 3.63) is 12.2 Å². The lowest BCUT2D eigenvalue weighted by molar-refractivity contribution is -0.153. The highest BCUT2D eigenvalue weighted by molar-refractivity contribution is 5.91. The van der Waals surface area contributed by atoms with Crippen molar-refractivity contribution in [2.45, 2.75) is 38.4 Å². The van der Waals surface area contributed by atoms with E-state index in [9.17, 15) is 9.59 Å². The summed E-state index contributed by atoms with van der Waals surface area (Å²) < 4.78 is 11.1. The van der Waals surface area contributed by atoms with Crippen LogP contribution in [0.4, 0.5) is 0 Å². The predicted molar refractivity (Wildman–Crippen MR) is 71.8 cm³/mol. The fourth-order valence-corrected chi connectivity index (χ4v) is 3.62. The molecular formula is C15H21NO4. The van der Waals surface area contributed by atoms with E-state index in [-0.39, 0.29) is 18.0 Å². The van der Waals surface area contributed by atoms with Gasteiger partial charge < -0.3 is 14.4 Å². The molecule has 5 nitrogen and oxygen atoms in total. The molecule has 0 aromatic rings. The number of ether oxygens (including phenoxy) is 2. The number of carbonyl (C=O) groups is 2. The zero-order valence-electron chi connectivity index (χ0n) is 12.0. The minimum absolute atomic E-state index is 0.0448. The van der Waals surface area contributed by atoms with Crippen LogP contribution < -0.4 is 0 Å². The van der Waals surface area contributed by atoms with Crippen LogP contribution in [0.15, 0.2) is 12.2 Å². The topological polar surface area (TPSA) is 55.8 Å². The SMILES string of the molecule is CCCCN1CC23C=CC(O2)C(C(=O)OCC)C3C1=O. The molecule has 0 aromatic carbocycles. The molecule has 110 valence electrons. The van der Waals surface area contributed by atoms with E-state index < -0.39 is 17.4 Å². The fraction of sp³-hybridized carbons (Fsp3) is 0.733. The van der Waals surface area contributed by atoms with Crippen molar-refractivity contribution < 1.29 is 19.1 Å². The lowest BCUT2D eigenvalue weighted by Gasteiger charge is -2.22. The van der Waals surface area contributed by atoms with Gasteiger partial charge in [-0.25, -0.2) is 0 Å². The van der Waals surface area contributed by atoms with Crippen LogP contribution in [-0.2, 0) is 19.1 Å². The molecule has 2 bridgehead atoms. The van der Waals surface area contributed by atoms with Gasteiger partial charge in [-0.15, -0.1) is 0 Å². The molecule has 3 heterocycles. The number of rotatable bonds is 5. The average molecular weight is 279 g/mol. The van der Waals surface area contributed by atoms with Gasteiger partial charge in [-0.3, -0.25) is 9.59 Å². The monoisotopic (exact) mass is 279 g/mol.